The molecule has 0 aliphatic heterocycles. The summed E-state index contributed by atoms with van der Waals surface area (Å²) in [6, 6.07) is -1.63. The van der Waals surface area contributed by atoms with Gasteiger partial charge in [0, 0.05) is 6.92 Å². The van der Waals surface area contributed by atoms with Crippen molar-refractivity contribution in [3.05, 3.63) is 0 Å². The Morgan fingerprint density at radius 3 is 2.23 bits per heavy atom. The van der Waals surface area contributed by atoms with Crippen molar-refractivity contribution in [3.8, 4) is 0 Å². The molecule has 0 spiro atoms. The molecular formula is C15H31BN4O5S. The monoisotopic (exact) mass is 390 g/mol. The molecule has 3 atom stereocenters. The van der Waals surface area contributed by atoms with Gasteiger partial charge in [0.05, 0.1) is 5.94 Å². The molecule has 150 valence electrons. The molecule has 0 aliphatic rings. The van der Waals surface area contributed by atoms with Crippen LogP contribution in [0, 0.1) is 0 Å². The number of nitrogens with two attached hydrogens (primary N) is 1. The Labute approximate surface area is 159 Å². The zero-order valence-corrected chi connectivity index (χ0v) is 16.5. The van der Waals surface area contributed by atoms with Gasteiger partial charge in [0.2, 0.25) is 17.7 Å². The number of amides is 3. The molecule has 11 heteroatoms. The highest BCUT2D eigenvalue weighted by Crippen LogP contribution is 2.06. The van der Waals surface area contributed by atoms with E-state index in [4.69, 9.17) is 5.73 Å². The minimum Gasteiger partial charge on any atom is -0.426 e. The summed E-state index contributed by atoms with van der Waals surface area (Å²) in [5, 5.41) is 26.5. The Balaban J connectivity index is 4.93. The van der Waals surface area contributed by atoms with E-state index in [1.807, 2.05) is 6.26 Å². The standard InChI is InChI=1S/C15H31BN4O5S/c1-10(18-11(2)21)14(22)19-12(6-4-5-8-17)15(23)20-13(16(24)25)7-9-26-3/h10,12-13,24-25H,4-9,17H2,1-3H3,(H,18,21)(H,19,22)(H,20,23)/t10-,12-,13-/m0/s1. The second kappa shape index (κ2) is 13.8. The fourth-order valence-corrected chi connectivity index (χ4v) is 2.74. The van der Waals surface area contributed by atoms with Gasteiger partial charge in [-0.05, 0) is 51.2 Å². The zero-order chi connectivity index (χ0) is 20.1. The number of hydrogen-bond donors (Lipinski definition) is 6. The number of rotatable bonds is 13. The Morgan fingerprint density at radius 1 is 1.08 bits per heavy atom. The Bertz CT molecular complexity index is 456. The van der Waals surface area contributed by atoms with Crippen LogP contribution in [0.5, 0.6) is 0 Å². The normalized spacial score (nSPS) is 14.1. The van der Waals surface area contributed by atoms with Gasteiger partial charge in [-0.15, -0.1) is 0 Å². The summed E-state index contributed by atoms with van der Waals surface area (Å²) in [6.07, 6.45) is 3.94. The van der Waals surface area contributed by atoms with Crippen LogP contribution < -0.4 is 21.7 Å². The maximum atomic E-state index is 12.5. The molecule has 3 amide bonds. The van der Waals surface area contributed by atoms with Crippen molar-refractivity contribution in [1.82, 2.24) is 16.0 Å². The number of hydrogen-bond acceptors (Lipinski definition) is 7. The van der Waals surface area contributed by atoms with E-state index in [0.29, 0.717) is 38.0 Å². The van der Waals surface area contributed by atoms with Gasteiger partial charge >= 0.3 is 7.12 Å². The van der Waals surface area contributed by atoms with Gasteiger partial charge in [-0.2, -0.15) is 11.8 Å². The maximum absolute atomic E-state index is 12.5. The molecule has 0 aliphatic carbocycles. The second-order valence-corrected chi connectivity index (χ2v) is 7.06. The van der Waals surface area contributed by atoms with Crippen molar-refractivity contribution in [3.63, 3.8) is 0 Å². The van der Waals surface area contributed by atoms with Gasteiger partial charge in [-0.3, -0.25) is 14.4 Å². The summed E-state index contributed by atoms with van der Waals surface area (Å²) in [5.74, 6) is -1.51. The molecule has 0 rings (SSSR count). The lowest BCUT2D eigenvalue weighted by Gasteiger charge is -2.24. The van der Waals surface area contributed by atoms with Gasteiger partial charge in [-0.1, -0.05) is 0 Å². The van der Waals surface area contributed by atoms with E-state index in [0.717, 1.165) is 0 Å². The van der Waals surface area contributed by atoms with Crippen LogP contribution in [0.2, 0.25) is 0 Å². The molecular weight excluding hydrogens is 359 g/mol. The van der Waals surface area contributed by atoms with E-state index in [1.54, 1.807) is 0 Å². The molecule has 9 nitrogen and oxygen atoms in total. The van der Waals surface area contributed by atoms with Crippen molar-refractivity contribution in [1.29, 1.82) is 0 Å². The van der Waals surface area contributed by atoms with Crippen LogP contribution in [0.4, 0.5) is 0 Å². The molecule has 0 unspecified atom stereocenters. The van der Waals surface area contributed by atoms with Gasteiger partial charge in [-0.25, -0.2) is 0 Å². The van der Waals surface area contributed by atoms with Gasteiger partial charge in [0.25, 0.3) is 0 Å². The highest BCUT2D eigenvalue weighted by molar-refractivity contribution is 7.98. The Hall–Kier alpha value is -1.30. The molecule has 0 aromatic heterocycles. The molecule has 0 saturated carbocycles. The summed E-state index contributed by atoms with van der Waals surface area (Å²) >= 11 is 1.52. The first-order valence-electron chi connectivity index (χ1n) is 8.65. The number of unbranched alkanes of at least 4 members (excludes halogenated alkanes) is 1. The van der Waals surface area contributed by atoms with E-state index in [2.05, 4.69) is 16.0 Å². The lowest BCUT2D eigenvalue weighted by atomic mass is 9.77. The average molecular weight is 390 g/mol. The fraction of sp³-hybridized carbons (Fsp3) is 0.800. The summed E-state index contributed by atoms with van der Waals surface area (Å²) in [4.78, 5) is 35.8. The highest BCUT2D eigenvalue weighted by Gasteiger charge is 2.29. The molecule has 0 aromatic carbocycles. The van der Waals surface area contributed by atoms with Crippen LogP contribution in [-0.4, -0.2) is 71.5 Å². The smallest absolute Gasteiger partial charge is 0.426 e. The summed E-state index contributed by atoms with van der Waals surface area (Å²) in [7, 11) is -1.69. The van der Waals surface area contributed by atoms with Crippen molar-refractivity contribution < 1.29 is 24.4 Å². The van der Waals surface area contributed by atoms with Crippen LogP contribution >= 0.6 is 11.8 Å². The first kappa shape index (κ1) is 24.7. The largest absolute Gasteiger partial charge is 0.475 e. The van der Waals surface area contributed by atoms with E-state index in [1.165, 1.54) is 25.6 Å². The number of carbonyl (C=O) groups is 3. The highest BCUT2D eigenvalue weighted by atomic mass is 32.2. The summed E-state index contributed by atoms with van der Waals surface area (Å²) in [5.41, 5.74) is 5.47. The van der Waals surface area contributed by atoms with Crippen LogP contribution in [0.25, 0.3) is 0 Å². The minimum absolute atomic E-state index is 0.350. The minimum atomic E-state index is -1.69. The number of carbonyl (C=O) groups excluding carboxylic acids is 3. The van der Waals surface area contributed by atoms with Crippen LogP contribution in [0.15, 0.2) is 0 Å². The van der Waals surface area contributed by atoms with Crippen LogP contribution in [0.1, 0.15) is 39.5 Å². The van der Waals surface area contributed by atoms with E-state index in [-0.39, 0.29) is 5.91 Å². The summed E-state index contributed by atoms with van der Waals surface area (Å²) < 4.78 is 0. The van der Waals surface area contributed by atoms with Crippen molar-refractivity contribution >= 4 is 36.6 Å². The molecule has 0 saturated heterocycles. The molecule has 26 heavy (non-hydrogen) atoms. The van der Waals surface area contributed by atoms with Crippen LogP contribution in [-0.2, 0) is 14.4 Å². The van der Waals surface area contributed by atoms with Crippen molar-refractivity contribution in [2.24, 2.45) is 5.73 Å². The van der Waals surface area contributed by atoms with Crippen LogP contribution in [0.3, 0.4) is 0 Å². The quantitative estimate of drug-likeness (QED) is 0.163. The van der Waals surface area contributed by atoms with Crippen molar-refractivity contribution in [2.75, 3.05) is 18.6 Å². The molecule has 0 fully saturated rings. The number of nitrogens with one attached hydrogen (secondary N) is 3. The molecule has 7 N–H and O–H groups in total. The molecule has 0 radical (unpaired) electrons. The SMILES string of the molecule is CSCC[C@H](NC(=O)[C@H](CCCCN)NC(=O)[C@H](C)NC(C)=O)B(O)O. The first-order chi connectivity index (χ1) is 12.2. The zero-order valence-electron chi connectivity index (χ0n) is 15.7. The first-order valence-corrected chi connectivity index (χ1v) is 10.0. The molecule has 0 bridgehead atoms. The third-order valence-corrected chi connectivity index (χ3v) is 4.36. The second-order valence-electron chi connectivity index (χ2n) is 6.08. The average Bonchev–Trinajstić information content (AvgIpc) is 2.56. The summed E-state index contributed by atoms with van der Waals surface area (Å²) in [6.45, 7) is 3.29. The maximum Gasteiger partial charge on any atom is 0.475 e. The van der Waals surface area contributed by atoms with Gasteiger partial charge in [0.15, 0.2) is 0 Å². The fourth-order valence-electron chi connectivity index (χ4n) is 2.25. The van der Waals surface area contributed by atoms with E-state index < -0.39 is 37.0 Å². The molecule has 0 heterocycles. The Kier molecular flexibility index (Phi) is 13.2. The lowest BCUT2D eigenvalue weighted by molar-refractivity contribution is -0.131. The third kappa shape index (κ3) is 10.6. The predicted octanol–water partition coefficient (Wildman–Crippen LogP) is -1.63. The third-order valence-electron chi connectivity index (χ3n) is 3.71. The molecule has 0 aromatic rings. The van der Waals surface area contributed by atoms with Crippen molar-refractivity contribution in [2.45, 2.75) is 57.6 Å². The topological polar surface area (TPSA) is 154 Å². The predicted molar refractivity (Wildman–Crippen MR) is 103 cm³/mol. The van der Waals surface area contributed by atoms with E-state index >= 15 is 0 Å². The van der Waals surface area contributed by atoms with E-state index in [9.17, 15) is 24.4 Å². The lowest BCUT2D eigenvalue weighted by Crippen LogP contribution is -2.56. The number of thioether (sulfide) groups is 1. The van der Waals surface area contributed by atoms with Gasteiger partial charge in [0.1, 0.15) is 12.1 Å². The van der Waals surface area contributed by atoms with Gasteiger partial charge < -0.3 is 31.7 Å². The Morgan fingerprint density at radius 2 is 1.73 bits per heavy atom.